The van der Waals surface area contributed by atoms with Crippen molar-refractivity contribution < 1.29 is 0 Å². The van der Waals surface area contributed by atoms with Gasteiger partial charge in [-0.2, -0.15) is 0 Å². The number of fused-ring (bicyclic) bond motifs is 3. The van der Waals surface area contributed by atoms with Crippen molar-refractivity contribution in [3.63, 3.8) is 0 Å². The minimum Gasteiger partial charge on any atom is -0.0817 e. The molecule has 0 radical (unpaired) electrons. The van der Waals surface area contributed by atoms with E-state index in [2.05, 4.69) is 154 Å². The number of hydrogen-bond acceptors (Lipinski definition) is 0. The lowest BCUT2D eigenvalue weighted by Crippen LogP contribution is -2.00. The van der Waals surface area contributed by atoms with Crippen molar-refractivity contribution in [3.05, 3.63) is 139 Å². The largest absolute Gasteiger partial charge is 0.0817 e. The molecule has 0 nitrogen and oxygen atoms in total. The first-order valence-electron chi connectivity index (χ1n) is 13.9. The van der Waals surface area contributed by atoms with Gasteiger partial charge in [-0.15, -0.1) is 0 Å². The molecule has 0 atom stereocenters. The van der Waals surface area contributed by atoms with Crippen LogP contribution in [0.2, 0.25) is 0 Å². The van der Waals surface area contributed by atoms with Gasteiger partial charge in [-0.25, -0.2) is 0 Å². The molecule has 0 saturated heterocycles. The first kappa shape index (κ1) is 24.8. The van der Waals surface area contributed by atoms with E-state index in [4.69, 9.17) is 0 Å². The smallest absolute Gasteiger partial charge is 0.00259 e. The highest BCUT2D eigenvalue weighted by Crippen LogP contribution is 2.45. The molecule has 0 heterocycles. The molecular formula is C39H31P. The van der Waals surface area contributed by atoms with Gasteiger partial charge in [0, 0.05) is 0 Å². The molecule has 0 spiro atoms. The third kappa shape index (κ3) is 4.30. The van der Waals surface area contributed by atoms with Gasteiger partial charge in [0.25, 0.3) is 0 Å². The monoisotopic (exact) mass is 530 g/mol. The Morgan fingerprint density at radius 1 is 0.400 bits per heavy atom. The number of benzene rings is 7. The van der Waals surface area contributed by atoms with E-state index in [0.29, 0.717) is 0 Å². The van der Waals surface area contributed by atoms with E-state index in [1.807, 2.05) is 0 Å². The Morgan fingerprint density at radius 3 is 1.73 bits per heavy atom. The molecule has 0 aliphatic rings. The van der Waals surface area contributed by atoms with Crippen molar-refractivity contribution >= 4 is 45.5 Å². The van der Waals surface area contributed by atoms with E-state index < -0.39 is 0 Å². The molecule has 0 fully saturated rings. The quantitative estimate of drug-likeness (QED) is 0.157. The lowest BCUT2D eigenvalue weighted by Gasteiger charge is -2.20. The maximum atomic E-state index is 2.46. The first-order chi connectivity index (χ1) is 19.6. The maximum Gasteiger partial charge on any atom is -0.00259 e. The second-order valence-corrected chi connectivity index (χ2v) is 13.2. The Labute approximate surface area is 237 Å². The Morgan fingerprint density at radius 2 is 0.975 bits per heavy atom. The molecule has 7 rings (SSSR count). The van der Waals surface area contributed by atoms with E-state index in [1.165, 1.54) is 76.6 Å². The Hall–Kier alpha value is -4.25. The van der Waals surface area contributed by atoms with Gasteiger partial charge >= 0.3 is 0 Å². The average molecular weight is 531 g/mol. The molecule has 7 aromatic carbocycles. The van der Waals surface area contributed by atoms with Crippen LogP contribution in [-0.4, -0.2) is 13.3 Å². The van der Waals surface area contributed by atoms with Crippen LogP contribution in [0.5, 0.6) is 0 Å². The van der Waals surface area contributed by atoms with E-state index >= 15 is 0 Å². The van der Waals surface area contributed by atoms with Gasteiger partial charge in [0.05, 0.1) is 0 Å². The van der Waals surface area contributed by atoms with Crippen molar-refractivity contribution in [2.75, 3.05) is 13.3 Å². The summed E-state index contributed by atoms with van der Waals surface area (Å²) in [6.07, 6.45) is 0. The highest BCUT2D eigenvalue weighted by molar-refractivity contribution is 7.64. The summed E-state index contributed by atoms with van der Waals surface area (Å²) in [6.45, 7) is 6.89. The SMILES string of the molecule is Cc1ccc2c(-c3ccc4ccccc4c3)c3cc(P(C)C)ccc3c(-c3ccc(-c4ccccc4)cc3)c2c1. The van der Waals surface area contributed by atoms with E-state index in [1.54, 1.807) is 0 Å². The second-order valence-electron chi connectivity index (χ2n) is 10.9. The fraction of sp³-hybridized carbons (Fsp3) is 0.0769. The molecule has 192 valence electrons. The van der Waals surface area contributed by atoms with Crippen molar-refractivity contribution in [1.82, 2.24) is 0 Å². The van der Waals surface area contributed by atoms with Crippen LogP contribution in [-0.2, 0) is 0 Å². The van der Waals surface area contributed by atoms with E-state index in [-0.39, 0.29) is 7.92 Å². The summed E-state index contributed by atoms with van der Waals surface area (Å²) in [6, 6.07) is 49.5. The molecule has 0 amide bonds. The highest BCUT2D eigenvalue weighted by Gasteiger charge is 2.18. The summed E-state index contributed by atoms with van der Waals surface area (Å²) in [7, 11) is -0.221. The van der Waals surface area contributed by atoms with Crippen LogP contribution in [0.3, 0.4) is 0 Å². The molecule has 0 aliphatic carbocycles. The van der Waals surface area contributed by atoms with Crippen LogP contribution < -0.4 is 5.30 Å². The average Bonchev–Trinajstić information content (AvgIpc) is 3.00. The summed E-state index contributed by atoms with van der Waals surface area (Å²) in [4.78, 5) is 0. The zero-order valence-electron chi connectivity index (χ0n) is 23.1. The summed E-state index contributed by atoms with van der Waals surface area (Å²) in [5, 5.41) is 9.25. The third-order valence-electron chi connectivity index (χ3n) is 8.09. The Bertz CT molecular complexity index is 2020. The summed E-state index contributed by atoms with van der Waals surface area (Å²) in [5.41, 5.74) is 8.95. The lowest BCUT2D eigenvalue weighted by atomic mass is 9.85. The fourth-order valence-electron chi connectivity index (χ4n) is 6.04. The zero-order valence-corrected chi connectivity index (χ0v) is 24.0. The van der Waals surface area contributed by atoms with Crippen LogP contribution >= 0.6 is 7.92 Å². The number of rotatable bonds is 4. The minimum absolute atomic E-state index is 0.221. The molecule has 0 N–H and O–H groups in total. The van der Waals surface area contributed by atoms with E-state index in [9.17, 15) is 0 Å². The summed E-state index contributed by atoms with van der Waals surface area (Å²) < 4.78 is 0. The summed E-state index contributed by atoms with van der Waals surface area (Å²) in [5.74, 6) is 0. The van der Waals surface area contributed by atoms with Crippen molar-refractivity contribution in [3.8, 4) is 33.4 Å². The maximum absolute atomic E-state index is 2.46. The minimum atomic E-state index is -0.221. The van der Waals surface area contributed by atoms with Crippen LogP contribution in [0.25, 0.3) is 65.7 Å². The Balaban J connectivity index is 1.56. The van der Waals surface area contributed by atoms with Crippen LogP contribution in [0.4, 0.5) is 0 Å². The first-order valence-corrected chi connectivity index (χ1v) is 16.1. The topological polar surface area (TPSA) is 0 Å². The number of hydrogen-bond donors (Lipinski definition) is 0. The van der Waals surface area contributed by atoms with Gasteiger partial charge in [0.2, 0.25) is 0 Å². The van der Waals surface area contributed by atoms with Crippen molar-refractivity contribution in [2.45, 2.75) is 6.92 Å². The molecule has 40 heavy (non-hydrogen) atoms. The standard InChI is InChI=1S/C39H31P/c1-26-13-21-34-36(23-26)38(30-17-14-29(15-18-30)27-9-5-4-6-10-27)35-22-20-33(40(2)3)25-37(35)39(34)32-19-16-28-11-7-8-12-31(28)24-32/h4-25H,1-3H3. The fourth-order valence-corrected chi connectivity index (χ4v) is 6.80. The van der Waals surface area contributed by atoms with Crippen molar-refractivity contribution in [1.29, 1.82) is 0 Å². The Kier molecular flexibility index (Phi) is 6.22. The molecule has 0 aliphatic heterocycles. The van der Waals surface area contributed by atoms with Gasteiger partial charge in [0.1, 0.15) is 0 Å². The van der Waals surface area contributed by atoms with Gasteiger partial charge in [-0.3, -0.25) is 0 Å². The third-order valence-corrected chi connectivity index (χ3v) is 9.40. The van der Waals surface area contributed by atoms with Crippen LogP contribution in [0.1, 0.15) is 5.56 Å². The second kappa shape index (κ2) is 10.1. The lowest BCUT2D eigenvalue weighted by molar-refractivity contribution is 1.51. The van der Waals surface area contributed by atoms with Crippen LogP contribution in [0.15, 0.2) is 133 Å². The van der Waals surface area contributed by atoms with Gasteiger partial charge in [-0.1, -0.05) is 135 Å². The molecule has 0 unspecified atom stereocenters. The summed E-state index contributed by atoms with van der Waals surface area (Å²) >= 11 is 0. The molecule has 0 saturated carbocycles. The van der Waals surface area contributed by atoms with Gasteiger partial charge < -0.3 is 0 Å². The van der Waals surface area contributed by atoms with Crippen molar-refractivity contribution in [2.24, 2.45) is 0 Å². The predicted molar refractivity (Wildman–Crippen MR) is 178 cm³/mol. The molecular weight excluding hydrogens is 499 g/mol. The molecule has 0 aromatic heterocycles. The normalized spacial score (nSPS) is 11.6. The zero-order chi connectivity index (χ0) is 27.2. The van der Waals surface area contributed by atoms with E-state index in [0.717, 1.165) is 0 Å². The highest BCUT2D eigenvalue weighted by atomic mass is 31.1. The molecule has 7 aromatic rings. The van der Waals surface area contributed by atoms with Crippen LogP contribution in [0, 0.1) is 6.92 Å². The predicted octanol–water partition coefficient (Wildman–Crippen LogP) is 10.8. The molecule has 0 bridgehead atoms. The van der Waals surface area contributed by atoms with Gasteiger partial charge in [-0.05, 0) is 103 Å². The number of aryl methyl sites for hydroxylation is 1. The molecule has 1 heteroatoms. The van der Waals surface area contributed by atoms with Gasteiger partial charge in [0.15, 0.2) is 0 Å².